The van der Waals surface area contributed by atoms with E-state index in [0.29, 0.717) is 17.8 Å². The molecule has 7 heteroatoms. The smallest absolute Gasteiger partial charge is 0.250 e. The second-order valence-corrected chi connectivity index (χ2v) is 7.44. The van der Waals surface area contributed by atoms with Crippen LogP contribution in [0, 0.1) is 0 Å². The number of piperazine rings is 1. The minimum absolute atomic E-state index is 0.120. The van der Waals surface area contributed by atoms with Crippen LogP contribution in [0.2, 0.25) is 0 Å². The summed E-state index contributed by atoms with van der Waals surface area (Å²) in [5.41, 5.74) is 6.15. The van der Waals surface area contributed by atoms with Gasteiger partial charge in [-0.2, -0.15) is 0 Å². The summed E-state index contributed by atoms with van der Waals surface area (Å²) in [6.45, 7) is 5.07. The molecular formula is C19H24N4O2S. The molecule has 1 aromatic carbocycles. The average Bonchev–Trinajstić information content (AvgIpc) is 3.15. The second kappa shape index (κ2) is 8.93. The SMILES string of the molecule is NC(=O)c1ccccc1NC(=O)CN1CCN(CCc2cccs2)CC1. The maximum absolute atomic E-state index is 12.3. The molecule has 2 heterocycles. The van der Waals surface area contributed by atoms with Crippen LogP contribution >= 0.6 is 11.3 Å². The molecule has 0 spiro atoms. The average molecular weight is 372 g/mol. The molecule has 3 N–H and O–H groups in total. The number of para-hydroxylation sites is 1. The van der Waals surface area contributed by atoms with Gasteiger partial charge in [-0.15, -0.1) is 11.3 Å². The van der Waals surface area contributed by atoms with Crippen LogP contribution in [0.1, 0.15) is 15.2 Å². The van der Waals surface area contributed by atoms with Crippen molar-refractivity contribution in [2.45, 2.75) is 6.42 Å². The number of nitrogens with one attached hydrogen (secondary N) is 1. The van der Waals surface area contributed by atoms with Gasteiger partial charge in [-0.25, -0.2) is 0 Å². The van der Waals surface area contributed by atoms with Crippen LogP contribution in [0.4, 0.5) is 5.69 Å². The number of carbonyl (C=O) groups is 2. The summed E-state index contributed by atoms with van der Waals surface area (Å²) < 4.78 is 0. The van der Waals surface area contributed by atoms with Crippen molar-refractivity contribution in [2.24, 2.45) is 5.73 Å². The third kappa shape index (κ3) is 5.14. The Morgan fingerprint density at radius 3 is 2.46 bits per heavy atom. The Morgan fingerprint density at radius 1 is 1.04 bits per heavy atom. The summed E-state index contributed by atoms with van der Waals surface area (Å²) in [6, 6.07) is 11.1. The van der Waals surface area contributed by atoms with E-state index in [9.17, 15) is 9.59 Å². The van der Waals surface area contributed by atoms with Crippen LogP contribution in [0.5, 0.6) is 0 Å². The number of hydrogen-bond acceptors (Lipinski definition) is 5. The zero-order chi connectivity index (χ0) is 18.4. The molecule has 1 aliphatic heterocycles. The molecule has 2 aromatic rings. The predicted octanol–water partition coefficient (Wildman–Crippen LogP) is 1.65. The maximum atomic E-state index is 12.3. The summed E-state index contributed by atoms with van der Waals surface area (Å²) in [7, 11) is 0. The quantitative estimate of drug-likeness (QED) is 0.775. The van der Waals surface area contributed by atoms with Gasteiger partial charge in [0.15, 0.2) is 0 Å². The first-order valence-corrected chi connectivity index (χ1v) is 9.65. The topological polar surface area (TPSA) is 78.7 Å². The third-order valence-corrected chi connectivity index (χ3v) is 5.49. The van der Waals surface area contributed by atoms with E-state index in [1.54, 1.807) is 35.6 Å². The van der Waals surface area contributed by atoms with Crippen LogP contribution in [0.3, 0.4) is 0 Å². The molecule has 0 radical (unpaired) electrons. The number of primary amides is 1. The Kier molecular flexibility index (Phi) is 6.38. The van der Waals surface area contributed by atoms with E-state index in [1.807, 2.05) is 0 Å². The first-order valence-electron chi connectivity index (χ1n) is 8.77. The first kappa shape index (κ1) is 18.6. The molecule has 2 amide bonds. The number of amides is 2. The minimum Gasteiger partial charge on any atom is -0.366 e. The van der Waals surface area contributed by atoms with Gasteiger partial charge in [-0.05, 0) is 30.0 Å². The molecule has 1 aliphatic rings. The van der Waals surface area contributed by atoms with Crippen molar-refractivity contribution in [1.82, 2.24) is 9.80 Å². The summed E-state index contributed by atoms with van der Waals surface area (Å²) in [5, 5.41) is 4.91. The lowest BCUT2D eigenvalue weighted by atomic mass is 10.1. The van der Waals surface area contributed by atoms with Crippen LogP contribution in [0.15, 0.2) is 41.8 Å². The molecule has 6 nitrogen and oxygen atoms in total. The Hall–Kier alpha value is -2.22. The molecule has 1 fully saturated rings. The maximum Gasteiger partial charge on any atom is 0.250 e. The van der Waals surface area contributed by atoms with Gasteiger partial charge >= 0.3 is 0 Å². The molecule has 0 bridgehead atoms. The number of thiophene rings is 1. The highest BCUT2D eigenvalue weighted by Gasteiger charge is 2.19. The molecule has 0 atom stereocenters. The Balaban J connectivity index is 1.43. The number of nitrogens with zero attached hydrogens (tertiary/aromatic N) is 2. The number of carbonyl (C=O) groups excluding carboxylic acids is 2. The number of nitrogens with two attached hydrogens (primary N) is 1. The van der Waals surface area contributed by atoms with Crippen molar-refractivity contribution < 1.29 is 9.59 Å². The van der Waals surface area contributed by atoms with Crippen molar-refractivity contribution >= 4 is 28.8 Å². The molecule has 0 unspecified atom stereocenters. The lowest BCUT2D eigenvalue weighted by Gasteiger charge is -2.34. The fraction of sp³-hybridized carbons (Fsp3) is 0.368. The van der Waals surface area contributed by atoms with Gasteiger partial charge in [-0.1, -0.05) is 18.2 Å². The predicted molar refractivity (Wildman–Crippen MR) is 104 cm³/mol. The van der Waals surface area contributed by atoms with Crippen LogP contribution < -0.4 is 11.1 Å². The molecular weight excluding hydrogens is 348 g/mol. The van der Waals surface area contributed by atoms with Gasteiger partial charge < -0.3 is 16.0 Å². The van der Waals surface area contributed by atoms with E-state index in [-0.39, 0.29) is 5.91 Å². The van der Waals surface area contributed by atoms with E-state index >= 15 is 0 Å². The van der Waals surface area contributed by atoms with Crippen LogP contribution in [0.25, 0.3) is 0 Å². The zero-order valence-electron chi connectivity index (χ0n) is 14.7. The van der Waals surface area contributed by atoms with Gasteiger partial charge in [0, 0.05) is 37.6 Å². The minimum atomic E-state index is -0.541. The highest BCUT2D eigenvalue weighted by Crippen LogP contribution is 2.14. The molecule has 26 heavy (non-hydrogen) atoms. The van der Waals surface area contributed by atoms with Gasteiger partial charge in [-0.3, -0.25) is 14.5 Å². The largest absolute Gasteiger partial charge is 0.366 e. The highest BCUT2D eigenvalue weighted by atomic mass is 32.1. The summed E-state index contributed by atoms with van der Waals surface area (Å²) >= 11 is 1.80. The third-order valence-electron chi connectivity index (χ3n) is 4.55. The van der Waals surface area contributed by atoms with Gasteiger partial charge in [0.1, 0.15) is 0 Å². The van der Waals surface area contributed by atoms with Crippen molar-refractivity contribution in [3.63, 3.8) is 0 Å². The van der Waals surface area contributed by atoms with Crippen molar-refractivity contribution in [1.29, 1.82) is 0 Å². The van der Waals surface area contributed by atoms with Crippen LogP contribution in [-0.4, -0.2) is 60.9 Å². The number of hydrogen-bond donors (Lipinski definition) is 2. The monoisotopic (exact) mass is 372 g/mol. The van der Waals surface area contributed by atoms with Crippen molar-refractivity contribution in [3.8, 4) is 0 Å². The molecule has 0 saturated carbocycles. The van der Waals surface area contributed by atoms with E-state index in [1.165, 1.54) is 4.88 Å². The summed E-state index contributed by atoms with van der Waals surface area (Å²) in [4.78, 5) is 29.7. The molecule has 3 rings (SSSR count). The van der Waals surface area contributed by atoms with E-state index in [2.05, 4.69) is 32.6 Å². The van der Waals surface area contributed by atoms with E-state index in [0.717, 1.165) is 39.1 Å². The van der Waals surface area contributed by atoms with E-state index < -0.39 is 5.91 Å². The Labute approximate surface area is 157 Å². The highest BCUT2D eigenvalue weighted by molar-refractivity contribution is 7.09. The van der Waals surface area contributed by atoms with Crippen molar-refractivity contribution in [2.75, 3.05) is 44.6 Å². The second-order valence-electron chi connectivity index (χ2n) is 6.41. The molecule has 0 aliphatic carbocycles. The Morgan fingerprint density at radius 2 is 1.77 bits per heavy atom. The summed E-state index contributed by atoms with van der Waals surface area (Å²) in [5.74, 6) is -0.661. The molecule has 1 aromatic heterocycles. The first-order chi connectivity index (χ1) is 12.6. The number of anilines is 1. The lowest BCUT2D eigenvalue weighted by Crippen LogP contribution is -2.49. The normalized spacial score (nSPS) is 15.7. The van der Waals surface area contributed by atoms with Crippen LogP contribution in [-0.2, 0) is 11.2 Å². The van der Waals surface area contributed by atoms with Gasteiger partial charge in [0.05, 0.1) is 17.8 Å². The van der Waals surface area contributed by atoms with Gasteiger partial charge in [0.2, 0.25) is 5.91 Å². The number of rotatable bonds is 7. The number of benzene rings is 1. The van der Waals surface area contributed by atoms with Gasteiger partial charge in [0.25, 0.3) is 5.91 Å². The van der Waals surface area contributed by atoms with Crippen molar-refractivity contribution in [3.05, 3.63) is 52.2 Å². The molecule has 1 saturated heterocycles. The fourth-order valence-corrected chi connectivity index (χ4v) is 3.79. The Bertz CT molecular complexity index is 740. The fourth-order valence-electron chi connectivity index (χ4n) is 3.09. The lowest BCUT2D eigenvalue weighted by molar-refractivity contribution is -0.117. The van der Waals surface area contributed by atoms with E-state index in [4.69, 9.17) is 5.73 Å². The zero-order valence-corrected chi connectivity index (χ0v) is 15.5. The summed E-state index contributed by atoms with van der Waals surface area (Å²) in [6.07, 6.45) is 1.09. The standard InChI is InChI=1S/C19H24N4O2S/c20-19(25)16-5-1-2-6-17(16)21-18(24)14-23-11-9-22(10-12-23)8-7-15-4-3-13-26-15/h1-6,13H,7-12,14H2,(H2,20,25)(H,21,24). The molecule has 138 valence electrons.